The standard InChI is InChI=1S/C15H12N6O/c16-8-11-13(12-5-3-7-22-12)20-15(17)21-14(11)19-9-10-4-1-2-6-18-10/h1-7H,9H2,(H3,17,19,20,21). The molecule has 0 amide bonds. The fourth-order valence-electron chi connectivity index (χ4n) is 1.98. The maximum atomic E-state index is 9.42. The van der Waals surface area contributed by atoms with Crippen molar-refractivity contribution in [3.05, 3.63) is 54.0 Å². The average molecular weight is 292 g/mol. The molecule has 0 aliphatic carbocycles. The molecule has 0 aromatic carbocycles. The van der Waals surface area contributed by atoms with Crippen LogP contribution in [0.15, 0.2) is 47.2 Å². The van der Waals surface area contributed by atoms with E-state index < -0.39 is 0 Å². The number of nitrogens with zero attached hydrogens (tertiary/aromatic N) is 4. The molecule has 0 unspecified atom stereocenters. The van der Waals surface area contributed by atoms with Crippen molar-refractivity contribution in [1.82, 2.24) is 15.0 Å². The lowest BCUT2D eigenvalue weighted by atomic mass is 10.2. The van der Waals surface area contributed by atoms with E-state index >= 15 is 0 Å². The summed E-state index contributed by atoms with van der Waals surface area (Å²) in [5.74, 6) is 0.882. The van der Waals surface area contributed by atoms with Gasteiger partial charge in [0.05, 0.1) is 18.5 Å². The highest BCUT2D eigenvalue weighted by atomic mass is 16.3. The predicted octanol–water partition coefficient (Wildman–Crippen LogP) is 2.20. The Bertz CT molecular complexity index is 808. The van der Waals surface area contributed by atoms with Crippen molar-refractivity contribution < 1.29 is 4.42 Å². The van der Waals surface area contributed by atoms with E-state index in [1.165, 1.54) is 6.26 Å². The summed E-state index contributed by atoms with van der Waals surface area (Å²) in [4.78, 5) is 12.4. The van der Waals surface area contributed by atoms with Crippen LogP contribution in [0, 0.1) is 11.3 Å². The SMILES string of the molecule is N#Cc1c(NCc2ccccn2)nc(N)nc1-c1ccco1. The van der Waals surface area contributed by atoms with Crippen LogP contribution in [0.1, 0.15) is 11.3 Å². The molecule has 3 rings (SSSR count). The fourth-order valence-corrected chi connectivity index (χ4v) is 1.98. The van der Waals surface area contributed by atoms with Crippen molar-refractivity contribution in [3.8, 4) is 17.5 Å². The van der Waals surface area contributed by atoms with Gasteiger partial charge in [0.25, 0.3) is 0 Å². The Morgan fingerprint density at radius 2 is 2.14 bits per heavy atom. The summed E-state index contributed by atoms with van der Waals surface area (Å²) in [6.45, 7) is 0.420. The number of rotatable bonds is 4. The Morgan fingerprint density at radius 1 is 1.23 bits per heavy atom. The Labute approximate surface area is 126 Å². The van der Waals surface area contributed by atoms with Crippen LogP contribution in [-0.4, -0.2) is 15.0 Å². The monoisotopic (exact) mass is 292 g/mol. The van der Waals surface area contributed by atoms with Crippen LogP contribution in [0.3, 0.4) is 0 Å². The molecular formula is C15H12N6O. The van der Waals surface area contributed by atoms with Crippen LogP contribution in [0.5, 0.6) is 0 Å². The molecule has 0 bridgehead atoms. The van der Waals surface area contributed by atoms with Gasteiger partial charge in [0.1, 0.15) is 17.3 Å². The first-order valence-corrected chi connectivity index (χ1v) is 6.53. The van der Waals surface area contributed by atoms with Crippen LogP contribution in [-0.2, 0) is 6.54 Å². The van der Waals surface area contributed by atoms with E-state index in [2.05, 4.69) is 26.3 Å². The maximum absolute atomic E-state index is 9.42. The minimum absolute atomic E-state index is 0.0638. The van der Waals surface area contributed by atoms with Crippen LogP contribution < -0.4 is 11.1 Å². The molecule has 3 aromatic rings. The molecule has 108 valence electrons. The minimum atomic E-state index is 0.0638. The first kappa shape index (κ1) is 13.6. The largest absolute Gasteiger partial charge is 0.463 e. The van der Waals surface area contributed by atoms with E-state index in [9.17, 15) is 5.26 Å². The number of pyridine rings is 1. The van der Waals surface area contributed by atoms with Crippen LogP contribution >= 0.6 is 0 Å². The number of hydrogen-bond acceptors (Lipinski definition) is 7. The van der Waals surface area contributed by atoms with Gasteiger partial charge < -0.3 is 15.5 Å². The third-order valence-corrected chi connectivity index (χ3v) is 2.96. The number of nitrogens with one attached hydrogen (secondary N) is 1. The number of hydrogen-bond donors (Lipinski definition) is 2. The zero-order chi connectivity index (χ0) is 15.4. The van der Waals surface area contributed by atoms with E-state index in [0.717, 1.165) is 5.69 Å². The molecule has 3 heterocycles. The lowest BCUT2D eigenvalue weighted by Gasteiger charge is -2.09. The summed E-state index contributed by atoms with van der Waals surface area (Å²) in [6, 6.07) is 11.1. The van der Waals surface area contributed by atoms with E-state index in [0.29, 0.717) is 23.8 Å². The number of aromatic nitrogens is 3. The molecule has 0 saturated heterocycles. The smallest absolute Gasteiger partial charge is 0.222 e. The summed E-state index contributed by atoms with van der Waals surface area (Å²) < 4.78 is 5.30. The number of nitrogens with two attached hydrogens (primary N) is 1. The van der Waals surface area contributed by atoms with E-state index in [1.54, 1.807) is 18.3 Å². The average Bonchev–Trinajstić information content (AvgIpc) is 3.07. The molecule has 0 spiro atoms. The van der Waals surface area contributed by atoms with Gasteiger partial charge in [-0.3, -0.25) is 4.98 Å². The minimum Gasteiger partial charge on any atom is -0.463 e. The third kappa shape index (κ3) is 2.71. The fraction of sp³-hybridized carbons (Fsp3) is 0.0667. The summed E-state index contributed by atoms with van der Waals surface area (Å²) >= 11 is 0. The van der Waals surface area contributed by atoms with Crippen LogP contribution in [0.4, 0.5) is 11.8 Å². The molecule has 22 heavy (non-hydrogen) atoms. The second-order valence-electron chi connectivity index (χ2n) is 4.42. The Morgan fingerprint density at radius 3 is 2.82 bits per heavy atom. The second kappa shape index (κ2) is 5.93. The third-order valence-electron chi connectivity index (χ3n) is 2.96. The Hall–Kier alpha value is -3.40. The quantitative estimate of drug-likeness (QED) is 0.757. The predicted molar refractivity (Wildman–Crippen MR) is 80.4 cm³/mol. The van der Waals surface area contributed by atoms with Crippen molar-refractivity contribution in [1.29, 1.82) is 5.26 Å². The lowest BCUT2D eigenvalue weighted by molar-refractivity contribution is 0.580. The Kier molecular flexibility index (Phi) is 3.66. The topological polar surface area (TPSA) is 114 Å². The lowest BCUT2D eigenvalue weighted by Crippen LogP contribution is -2.09. The normalized spacial score (nSPS) is 10.1. The molecule has 3 N–H and O–H groups in total. The summed E-state index contributed by atoms with van der Waals surface area (Å²) in [5.41, 5.74) is 7.19. The van der Waals surface area contributed by atoms with Crippen molar-refractivity contribution in [2.75, 3.05) is 11.1 Å². The molecule has 0 saturated carbocycles. The van der Waals surface area contributed by atoms with Gasteiger partial charge in [-0.15, -0.1) is 0 Å². The van der Waals surface area contributed by atoms with Crippen molar-refractivity contribution in [2.24, 2.45) is 0 Å². The second-order valence-corrected chi connectivity index (χ2v) is 4.42. The first-order valence-electron chi connectivity index (χ1n) is 6.53. The van der Waals surface area contributed by atoms with Gasteiger partial charge in [-0.2, -0.15) is 10.2 Å². The number of furan rings is 1. The van der Waals surface area contributed by atoms with Gasteiger partial charge in [0, 0.05) is 6.20 Å². The van der Waals surface area contributed by atoms with Gasteiger partial charge in [-0.05, 0) is 24.3 Å². The summed E-state index contributed by atoms with van der Waals surface area (Å²) in [5, 5.41) is 12.5. The molecule has 7 nitrogen and oxygen atoms in total. The molecule has 0 fully saturated rings. The summed E-state index contributed by atoms with van der Waals surface area (Å²) in [7, 11) is 0. The summed E-state index contributed by atoms with van der Waals surface area (Å²) in [6.07, 6.45) is 3.21. The molecule has 7 heteroatoms. The highest BCUT2D eigenvalue weighted by Crippen LogP contribution is 2.27. The van der Waals surface area contributed by atoms with E-state index in [4.69, 9.17) is 10.2 Å². The van der Waals surface area contributed by atoms with Crippen molar-refractivity contribution in [2.45, 2.75) is 6.54 Å². The van der Waals surface area contributed by atoms with E-state index in [-0.39, 0.29) is 11.5 Å². The van der Waals surface area contributed by atoms with Crippen LogP contribution in [0.25, 0.3) is 11.5 Å². The van der Waals surface area contributed by atoms with E-state index in [1.807, 2.05) is 18.2 Å². The maximum Gasteiger partial charge on any atom is 0.222 e. The molecule has 3 aromatic heterocycles. The van der Waals surface area contributed by atoms with Crippen molar-refractivity contribution in [3.63, 3.8) is 0 Å². The number of nitriles is 1. The zero-order valence-electron chi connectivity index (χ0n) is 11.5. The molecule has 0 atom stereocenters. The van der Waals surface area contributed by atoms with Gasteiger partial charge in [0.15, 0.2) is 11.6 Å². The molecule has 0 aliphatic heterocycles. The van der Waals surface area contributed by atoms with Crippen molar-refractivity contribution >= 4 is 11.8 Å². The van der Waals surface area contributed by atoms with Gasteiger partial charge in [0.2, 0.25) is 5.95 Å². The molecular weight excluding hydrogens is 280 g/mol. The van der Waals surface area contributed by atoms with Crippen LogP contribution in [0.2, 0.25) is 0 Å². The molecule has 0 aliphatic rings. The zero-order valence-corrected chi connectivity index (χ0v) is 11.5. The first-order chi connectivity index (χ1) is 10.8. The highest BCUT2D eigenvalue weighted by Gasteiger charge is 2.16. The number of nitrogen functional groups attached to an aromatic ring is 1. The number of anilines is 2. The van der Waals surface area contributed by atoms with Gasteiger partial charge in [-0.25, -0.2) is 4.98 Å². The Balaban J connectivity index is 1.96. The highest BCUT2D eigenvalue weighted by molar-refractivity contribution is 5.71. The van der Waals surface area contributed by atoms with Gasteiger partial charge in [-0.1, -0.05) is 6.07 Å². The molecule has 0 radical (unpaired) electrons. The van der Waals surface area contributed by atoms with Gasteiger partial charge >= 0.3 is 0 Å².